The van der Waals surface area contributed by atoms with Crippen molar-refractivity contribution in [2.75, 3.05) is 0 Å². The Labute approximate surface area is 91.8 Å². The summed E-state index contributed by atoms with van der Waals surface area (Å²) in [4.78, 5) is 17.7. The molecule has 0 fully saturated rings. The minimum Gasteiger partial charge on any atom is -0.508 e. The summed E-state index contributed by atoms with van der Waals surface area (Å²) in [7, 11) is 0. The molecule has 5 nitrogen and oxygen atoms in total. The number of aromatic hydroxyl groups is 1. The largest absolute Gasteiger partial charge is 0.508 e. The van der Waals surface area contributed by atoms with Crippen LogP contribution in [0.2, 0.25) is 0 Å². The van der Waals surface area contributed by atoms with Crippen LogP contribution in [0.5, 0.6) is 5.75 Å². The SMILES string of the molecule is O=C(O)CCCc1nc2ccc(O)cc2[nH]1. The van der Waals surface area contributed by atoms with Crippen molar-refractivity contribution in [2.24, 2.45) is 0 Å². The second-order valence-electron chi connectivity index (χ2n) is 3.63. The molecule has 0 atom stereocenters. The highest BCUT2D eigenvalue weighted by Gasteiger charge is 2.04. The third-order valence-electron chi connectivity index (χ3n) is 2.32. The van der Waals surface area contributed by atoms with Gasteiger partial charge in [0.25, 0.3) is 0 Å². The predicted octanol–water partition coefficient (Wildman–Crippen LogP) is 1.68. The molecular formula is C11H12N2O3. The fraction of sp³-hybridized carbons (Fsp3) is 0.273. The minimum atomic E-state index is -0.797. The van der Waals surface area contributed by atoms with E-state index in [9.17, 15) is 9.90 Å². The molecule has 5 heteroatoms. The molecule has 84 valence electrons. The van der Waals surface area contributed by atoms with Gasteiger partial charge in [0.15, 0.2) is 0 Å². The first-order chi connectivity index (χ1) is 7.65. The average molecular weight is 220 g/mol. The molecule has 0 aliphatic rings. The number of phenols is 1. The lowest BCUT2D eigenvalue weighted by atomic mass is 10.2. The zero-order valence-electron chi connectivity index (χ0n) is 8.60. The van der Waals surface area contributed by atoms with Gasteiger partial charge in [0.05, 0.1) is 11.0 Å². The molecule has 0 aliphatic heterocycles. The number of phenolic OH excluding ortho intramolecular Hbond substituents is 1. The summed E-state index contributed by atoms with van der Waals surface area (Å²) >= 11 is 0. The molecular weight excluding hydrogens is 208 g/mol. The Hall–Kier alpha value is -2.04. The quantitative estimate of drug-likeness (QED) is 0.731. The monoisotopic (exact) mass is 220 g/mol. The van der Waals surface area contributed by atoms with Gasteiger partial charge in [-0.3, -0.25) is 4.79 Å². The van der Waals surface area contributed by atoms with Gasteiger partial charge < -0.3 is 15.2 Å². The molecule has 2 rings (SSSR count). The highest BCUT2D eigenvalue weighted by Crippen LogP contribution is 2.18. The number of fused-ring (bicyclic) bond motifs is 1. The van der Waals surface area contributed by atoms with Crippen molar-refractivity contribution in [3.05, 3.63) is 24.0 Å². The lowest BCUT2D eigenvalue weighted by Crippen LogP contribution is -1.96. The van der Waals surface area contributed by atoms with Crippen LogP contribution in [0.15, 0.2) is 18.2 Å². The number of aryl methyl sites for hydroxylation is 1. The van der Waals surface area contributed by atoms with E-state index in [4.69, 9.17) is 5.11 Å². The van der Waals surface area contributed by atoms with E-state index < -0.39 is 5.97 Å². The molecule has 0 bridgehead atoms. The second kappa shape index (κ2) is 4.22. The van der Waals surface area contributed by atoms with Crippen LogP contribution in [-0.4, -0.2) is 26.2 Å². The minimum absolute atomic E-state index is 0.141. The third kappa shape index (κ3) is 2.31. The van der Waals surface area contributed by atoms with Crippen molar-refractivity contribution in [3.63, 3.8) is 0 Å². The Balaban J connectivity index is 2.10. The van der Waals surface area contributed by atoms with Gasteiger partial charge in [-0.05, 0) is 18.6 Å². The normalized spacial score (nSPS) is 10.8. The molecule has 0 aliphatic carbocycles. The number of carboxylic acid groups (broad SMARTS) is 1. The number of carboxylic acids is 1. The van der Waals surface area contributed by atoms with Crippen molar-refractivity contribution in [1.29, 1.82) is 0 Å². The van der Waals surface area contributed by atoms with E-state index in [0.29, 0.717) is 12.8 Å². The molecule has 16 heavy (non-hydrogen) atoms. The van der Waals surface area contributed by atoms with E-state index in [0.717, 1.165) is 16.9 Å². The smallest absolute Gasteiger partial charge is 0.303 e. The molecule has 0 radical (unpaired) electrons. The van der Waals surface area contributed by atoms with Crippen LogP contribution in [-0.2, 0) is 11.2 Å². The number of aromatic nitrogens is 2. The molecule has 3 N–H and O–H groups in total. The number of hydrogen-bond acceptors (Lipinski definition) is 3. The number of carbonyl (C=O) groups is 1. The molecule has 0 saturated carbocycles. The highest BCUT2D eigenvalue weighted by atomic mass is 16.4. The van der Waals surface area contributed by atoms with E-state index >= 15 is 0 Å². The van der Waals surface area contributed by atoms with Gasteiger partial charge in [-0.1, -0.05) is 0 Å². The van der Waals surface area contributed by atoms with E-state index in [1.54, 1.807) is 18.2 Å². The first kappa shape index (κ1) is 10.5. The summed E-state index contributed by atoms with van der Waals surface area (Å²) in [5, 5.41) is 17.8. The maximum absolute atomic E-state index is 10.3. The Morgan fingerprint density at radius 3 is 3.00 bits per heavy atom. The van der Waals surface area contributed by atoms with Gasteiger partial charge in [0, 0.05) is 18.9 Å². The van der Waals surface area contributed by atoms with Gasteiger partial charge >= 0.3 is 5.97 Å². The molecule has 0 saturated heterocycles. The summed E-state index contributed by atoms with van der Waals surface area (Å²) in [5.41, 5.74) is 1.55. The summed E-state index contributed by atoms with van der Waals surface area (Å²) in [6, 6.07) is 4.90. The van der Waals surface area contributed by atoms with Crippen LogP contribution in [0.3, 0.4) is 0 Å². The number of H-pyrrole nitrogens is 1. The lowest BCUT2D eigenvalue weighted by Gasteiger charge is -1.92. The number of hydrogen-bond donors (Lipinski definition) is 3. The summed E-state index contributed by atoms with van der Waals surface area (Å²) in [6.07, 6.45) is 1.30. The van der Waals surface area contributed by atoms with Crippen molar-refractivity contribution < 1.29 is 15.0 Å². The van der Waals surface area contributed by atoms with Crippen LogP contribution in [0.1, 0.15) is 18.7 Å². The topological polar surface area (TPSA) is 86.2 Å². The molecule has 1 aromatic heterocycles. The molecule has 0 unspecified atom stereocenters. The van der Waals surface area contributed by atoms with Crippen molar-refractivity contribution in [2.45, 2.75) is 19.3 Å². The highest BCUT2D eigenvalue weighted by molar-refractivity contribution is 5.76. The number of benzene rings is 1. The van der Waals surface area contributed by atoms with Gasteiger partial charge in [0.1, 0.15) is 11.6 Å². The Morgan fingerprint density at radius 2 is 2.25 bits per heavy atom. The van der Waals surface area contributed by atoms with E-state index in [1.807, 2.05) is 0 Å². The van der Waals surface area contributed by atoms with Crippen molar-refractivity contribution in [3.8, 4) is 5.75 Å². The van der Waals surface area contributed by atoms with Crippen LogP contribution >= 0.6 is 0 Å². The number of nitrogens with zero attached hydrogens (tertiary/aromatic N) is 1. The van der Waals surface area contributed by atoms with Crippen LogP contribution in [0.25, 0.3) is 11.0 Å². The summed E-state index contributed by atoms with van der Waals surface area (Å²) in [5.74, 6) is 0.142. The molecule has 1 aromatic carbocycles. The summed E-state index contributed by atoms with van der Waals surface area (Å²) in [6.45, 7) is 0. The number of imidazole rings is 1. The van der Waals surface area contributed by atoms with Crippen LogP contribution < -0.4 is 0 Å². The number of aromatic amines is 1. The standard InChI is InChI=1S/C11H12N2O3/c14-7-4-5-8-9(6-7)13-10(12-8)2-1-3-11(15)16/h4-6,14H,1-3H2,(H,12,13)(H,15,16). The maximum Gasteiger partial charge on any atom is 0.303 e. The zero-order valence-corrected chi connectivity index (χ0v) is 8.60. The molecule has 2 aromatic rings. The van der Waals surface area contributed by atoms with Crippen molar-refractivity contribution >= 4 is 17.0 Å². The van der Waals surface area contributed by atoms with Crippen LogP contribution in [0.4, 0.5) is 0 Å². The molecule has 1 heterocycles. The fourth-order valence-corrected chi connectivity index (χ4v) is 1.58. The molecule has 0 amide bonds. The second-order valence-corrected chi connectivity index (χ2v) is 3.63. The lowest BCUT2D eigenvalue weighted by molar-refractivity contribution is -0.137. The Morgan fingerprint density at radius 1 is 1.44 bits per heavy atom. The predicted molar refractivity (Wildman–Crippen MR) is 58.3 cm³/mol. The zero-order chi connectivity index (χ0) is 11.5. The summed E-state index contributed by atoms with van der Waals surface area (Å²) < 4.78 is 0. The van der Waals surface area contributed by atoms with E-state index in [2.05, 4.69) is 9.97 Å². The van der Waals surface area contributed by atoms with E-state index in [1.165, 1.54) is 0 Å². The Bertz CT molecular complexity index is 519. The first-order valence-corrected chi connectivity index (χ1v) is 5.04. The number of aliphatic carboxylic acids is 1. The third-order valence-corrected chi connectivity index (χ3v) is 2.32. The van der Waals surface area contributed by atoms with Gasteiger partial charge in [-0.25, -0.2) is 4.98 Å². The first-order valence-electron chi connectivity index (χ1n) is 5.04. The van der Waals surface area contributed by atoms with Gasteiger partial charge in [-0.2, -0.15) is 0 Å². The van der Waals surface area contributed by atoms with Gasteiger partial charge in [-0.15, -0.1) is 0 Å². The number of rotatable bonds is 4. The average Bonchev–Trinajstić information content (AvgIpc) is 2.58. The van der Waals surface area contributed by atoms with Crippen LogP contribution in [0, 0.1) is 0 Å². The Kier molecular flexibility index (Phi) is 2.76. The van der Waals surface area contributed by atoms with Gasteiger partial charge in [0.2, 0.25) is 0 Å². The fourth-order valence-electron chi connectivity index (χ4n) is 1.58. The maximum atomic E-state index is 10.3. The number of nitrogens with one attached hydrogen (secondary N) is 1. The van der Waals surface area contributed by atoms with Crippen molar-refractivity contribution in [1.82, 2.24) is 9.97 Å². The van der Waals surface area contributed by atoms with E-state index in [-0.39, 0.29) is 12.2 Å². The molecule has 0 spiro atoms.